The molecule has 0 spiro atoms. The molecule has 0 atom stereocenters. The van der Waals surface area contributed by atoms with E-state index in [4.69, 9.17) is 9.84 Å². The molecule has 0 unspecified atom stereocenters. The summed E-state index contributed by atoms with van der Waals surface area (Å²) in [6, 6.07) is 3.91. The highest BCUT2D eigenvalue weighted by Crippen LogP contribution is 2.38. The summed E-state index contributed by atoms with van der Waals surface area (Å²) in [6.07, 6.45) is 0. The molecule has 6 heteroatoms. The highest BCUT2D eigenvalue weighted by molar-refractivity contribution is 9.10. The average Bonchev–Trinajstić information content (AvgIpc) is 2.68. The third-order valence-corrected chi connectivity index (χ3v) is 4.01. The van der Waals surface area contributed by atoms with Crippen molar-refractivity contribution >= 4 is 21.9 Å². The first-order valence-corrected chi connectivity index (χ1v) is 6.77. The van der Waals surface area contributed by atoms with E-state index in [1.54, 1.807) is 18.8 Å². The van der Waals surface area contributed by atoms with Gasteiger partial charge < -0.3 is 9.84 Å². The van der Waals surface area contributed by atoms with Gasteiger partial charge in [0, 0.05) is 12.6 Å². The van der Waals surface area contributed by atoms with Crippen molar-refractivity contribution in [1.82, 2.24) is 9.78 Å². The quantitative estimate of drug-likeness (QED) is 0.933. The molecule has 1 N–H and O–H groups in total. The first-order chi connectivity index (χ1) is 9.36. The van der Waals surface area contributed by atoms with Crippen molar-refractivity contribution in [3.63, 3.8) is 0 Å². The number of carboxylic acids is 1. The first-order valence-electron chi connectivity index (χ1n) is 5.98. The Hall–Kier alpha value is -1.82. The fourth-order valence-electron chi connectivity index (χ4n) is 2.07. The Bertz CT molecular complexity index is 692. The van der Waals surface area contributed by atoms with Gasteiger partial charge in [-0.15, -0.1) is 0 Å². The number of aromatic nitrogens is 2. The molecule has 5 nitrogen and oxygen atoms in total. The van der Waals surface area contributed by atoms with Crippen molar-refractivity contribution in [2.75, 3.05) is 7.11 Å². The summed E-state index contributed by atoms with van der Waals surface area (Å²) in [5, 5.41) is 13.2. The van der Waals surface area contributed by atoms with E-state index in [-0.39, 0.29) is 5.69 Å². The fraction of sp³-hybridized carbons (Fsp3) is 0.286. The maximum absolute atomic E-state index is 11.2. The van der Waals surface area contributed by atoms with Crippen LogP contribution in [-0.2, 0) is 7.05 Å². The minimum atomic E-state index is -1.07. The molecule has 2 aromatic rings. The number of hydrogen-bond donors (Lipinski definition) is 1. The Morgan fingerprint density at radius 2 is 1.95 bits per heavy atom. The van der Waals surface area contributed by atoms with E-state index in [0.29, 0.717) is 15.9 Å². The zero-order chi connectivity index (χ0) is 15.0. The lowest BCUT2D eigenvalue weighted by Gasteiger charge is -2.12. The van der Waals surface area contributed by atoms with Crippen molar-refractivity contribution in [1.29, 1.82) is 0 Å². The lowest BCUT2D eigenvalue weighted by atomic mass is 10.0. The molecule has 0 bridgehead atoms. The van der Waals surface area contributed by atoms with Crippen molar-refractivity contribution < 1.29 is 14.6 Å². The van der Waals surface area contributed by atoms with Gasteiger partial charge in [0.15, 0.2) is 5.69 Å². The Morgan fingerprint density at radius 1 is 1.35 bits per heavy atom. The summed E-state index contributed by atoms with van der Waals surface area (Å²) in [4.78, 5) is 11.2. The number of carboxylic acid groups (broad SMARTS) is 1. The molecular weight excluding hydrogens is 324 g/mol. The zero-order valence-corrected chi connectivity index (χ0v) is 13.3. The third-order valence-electron chi connectivity index (χ3n) is 3.26. The highest BCUT2D eigenvalue weighted by atomic mass is 79.9. The largest absolute Gasteiger partial charge is 0.496 e. The van der Waals surface area contributed by atoms with Crippen LogP contribution in [0.5, 0.6) is 5.75 Å². The minimum Gasteiger partial charge on any atom is -0.496 e. The number of aromatic carboxylic acids is 1. The van der Waals surface area contributed by atoms with Gasteiger partial charge in [-0.1, -0.05) is 0 Å². The summed E-state index contributed by atoms with van der Waals surface area (Å²) in [5.41, 5.74) is 3.70. The normalized spacial score (nSPS) is 10.7. The molecule has 106 valence electrons. The van der Waals surface area contributed by atoms with Crippen molar-refractivity contribution in [3.8, 4) is 17.0 Å². The van der Waals surface area contributed by atoms with Crippen LogP contribution in [-0.4, -0.2) is 28.0 Å². The summed E-state index contributed by atoms with van der Waals surface area (Å²) in [6.45, 7) is 4.00. The topological polar surface area (TPSA) is 64.3 Å². The molecule has 0 amide bonds. The molecule has 0 aliphatic carbocycles. The SMILES string of the molecule is COc1cc(C)c(C)cc1-c1c(Br)c(C(=O)O)nn1C. The van der Waals surface area contributed by atoms with Gasteiger partial charge >= 0.3 is 5.97 Å². The summed E-state index contributed by atoms with van der Waals surface area (Å²) in [7, 11) is 3.30. The van der Waals surface area contributed by atoms with E-state index >= 15 is 0 Å². The molecule has 0 radical (unpaired) electrons. The van der Waals surface area contributed by atoms with Gasteiger partial charge in [-0.05, 0) is 53.0 Å². The molecule has 1 heterocycles. The predicted octanol–water partition coefficient (Wildman–Crippen LogP) is 3.17. The van der Waals surface area contributed by atoms with Crippen LogP contribution in [0.25, 0.3) is 11.3 Å². The van der Waals surface area contributed by atoms with Crippen LogP contribution in [0.3, 0.4) is 0 Å². The number of carbonyl (C=O) groups is 1. The minimum absolute atomic E-state index is 0.0113. The standard InChI is InChI=1S/C14H15BrN2O3/c1-7-5-9(10(20-4)6-8(7)2)13-11(15)12(14(18)19)16-17(13)3/h5-6H,1-4H3,(H,18,19). The number of aryl methyl sites for hydroxylation is 3. The molecule has 1 aromatic carbocycles. The van der Waals surface area contributed by atoms with E-state index in [9.17, 15) is 4.79 Å². The molecule has 0 aliphatic rings. The van der Waals surface area contributed by atoms with Crippen molar-refractivity contribution in [2.45, 2.75) is 13.8 Å². The van der Waals surface area contributed by atoms with Crippen LogP contribution in [0, 0.1) is 13.8 Å². The lowest BCUT2D eigenvalue weighted by Crippen LogP contribution is -2.00. The smallest absolute Gasteiger partial charge is 0.357 e. The van der Waals surface area contributed by atoms with Gasteiger partial charge in [0.05, 0.1) is 17.3 Å². The van der Waals surface area contributed by atoms with Crippen LogP contribution in [0.4, 0.5) is 0 Å². The highest BCUT2D eigenvalue weighted by Gasteiger charge is 2.22. The maximum Gasteiger partial charge on any atom is 0.357 e. The molecule has 0 saturated carbocycles. The number of benzene rings is 1. The molecule has 20 heavy (non-hydrogen) atoms. The molecule has 1 aromatic heterocycles. The summed E-state index contributed by atoms with van der Waals surface area (Å²) >= 11 is 3.33. The Labute approximate surface area is 125 Å². The zero-order valence-electron chi connectivity index (χ0n) is 11.7. The van der Waals surface area contributed by atoms with Gasteiger partial charge in [-0.25, -0.2) is 4.79 Å². The Kier molecular flexibility index (Phi) is 3.85. The number of nitrogens with zero attached hydrogens (tertiary/aromatic N) is 2. The fourth-order valence-corrected chi connectivity index (χ4v) is 2.79. The van der Waals surface area contributed by atoms with Crippen LogP contribution in [0.15, 0.2) is 16.6 Å². The number of rotatable bonds is 3. The third kappa shape index (κ3) is 2.31. The lowest BCUT2D eigenvalue weighted by molar-refractivity contribution is 0.0688. The first kappa shape index (κ1) is 14.6. The molecule has 0 fully saturated rings. The molecule has 0 aliphatic heterocycles. The number of methoxy groups -OCH3 is 1. The van der Waals surface area contributed by atoms with Gasteiger partial charge in [0.2, 0.25) is 0 Å². The molecule has 2 rings (SSSR count). The number of ether oxygens (including phenoxy) is 1. The second-order valence-corrected chi connectivity index (χ2v) is 5.37. The number of hydrogen-bond acceptors (Lipinski definition) is 3. The van der Waals surface area contributed by atoms with Gasteiger partial charge in [0.1, 0.15) is 5.75 Å². The van der Waals surface area contributed by atoms with E-state index in [0.717, 1.165) is 16.7 Å². The summed E-state index contributed by atoms with van der Waals surface area (Å²) in [5.74, 6) is -0.379. The summed E-state index contributed by atoms with van der Waals surface area (Å²) < 4.78 is 7.40. The second-order valence-electron chi connectivity index (χ2n) is 4.58. The van der Waals surface area contributed by atoms with E-state index in [1.165, 1.54) is 0 Å². The van der Waals surface area contributed by atoms with Crippen molar-refractivity contribution in [2.24, 2.45) is 7.05 Å². The van der Waals surface area contributed by atoms with Crippen LogP contribution in [0.1, 0.15) is 21.6 Å². The monoisotopic (exact) mass is 338 g/mol. The second kappa shape index (κ2) is 5.28. The van der Waals surface area contributed by atoms with Crippen LogP contribution in [0.2, 0.25) is 0 Å². The van der Waals surface area contributed by atoms with Crippen LogP contribution >= 0.6 is 15.9 Å². The number of halogens is 1. The van der Waals surface area contributed by atoms with E-state index in [1.807, 2.05) is 26.0 Å². The predicted molar refractivity (Wildman–Crippen MR) is 79.3 cm³/mol. The van der Waals surface area contributed by atoms with Gasteiger partial charge in [-0.3, -0.25) is 4.68 Å². The Morgan fingerprint density at radius 3 is 2.45 bits per heavy atom. The average molecular weight is 339 g/mol. The Balaban J connectivity index is 2.74. The molecular formula is C14H15BrN2O3. The van der Waals surface area contributed by atoms with Crippen LogP contribution < -0.4 is 4.74 Å². The molecule has 0 saturated heterocycles. The van der Waals surface area contributed by atoms with Gasteiger partial charge in [0.25, 0.3) is 0 Å². The van der Waals surface area contributed by atoms with E-state index in [2.05, 4.69) is 21.0 Å². The van der Waals surface area contributed by atoms with E-state index < -0.39 is 5.97 Å². The van der Waals surface area contributed by atoms with Gasteiger partial charge in [-0.2, -0.15) is 5.10 Å². The van der Waals surface area contributed by atoms with Crippen molar-refractivity contribution in [3.05, 3.63) is 33.4 Å². The maximum atomic E-state index is 11.2.